The zero-order valence-corrected chi connectivity index (χ0v) is 12.1. The van der Waals surface area contributed by atoms with Crippen LogP contribution in [-0.4, -0.2) is 38.8 Å². The highest BCUT2D eigenvalue weighted by Crippen LogP contribution is 2.31. The number of nitrogens with one attached hydrogen (secondary N) is 1. The first-order chi connectivity index (χ1) is 9.81. The van der Waals surface area contributed by atoms with Crippen molar-refractivity contribution < 1.29 is 4.74 Å². The van der Waals surface area contributed by atoms with Crippen molar-refractivity contribution in [3.05, 3.63) is 30.5 Å². The minimum atomic E-state index is 0.711. The molecule has 1 atom stereocenters. The van der Waals surface area contributed by atoms with E-state index in [2.05, 4.69) is 33.4 Å². The topological polar surface area (TPSA) is 37.4 Å². The summed E-state index contributed by atoms with van der Waals surface area (Å²) in [7, 11) is 3.72. The van der Waals surface area contributed by atoms with Gasteiger partial charge in [0.15, 0.2) is 0 Å². The van der Waals surface area contributed by atoms with Gasteiger partial charge in [-0.25, -0.2) is 4.98 Å². The van der Waals surface area contributed by atoms with Crippen LogP contribution in [0.1, 0.15) is 6.42 Å². The van der Waals surface area contributed by atoms with Crippen LogP contribution in [0, 0.1) is 5.92 Å². The van der Waals surface area contributed by atoms with E-state index in [0.29, 0.717) is 5.92 Å². The quantitative estimate of drug-likeness (QED) is 0.926. The predicted molar refractivity (Wildman–Crippen MR) is 82.5 cm³/mol. The second kappa shape index (κ2) is 5.67. The highest BCUT2D eigenvalue weighted by molar-refractivity contribution is 5.93. The number of hydrogen-bond donors (Lipinski definition) is 1. The first-order valence-corrected chi connectivity index (χ1v) is 7.14. The molecule has 1 fully saturated rings. The monoisotopic (exact) mass is 271 g/mol. The Balaban J connectivity index is 1.95. The molecule has 1 aliphatic rings. The average Bonchev–Trinajstić information content (AvgIpc) is 2.95. The molecule has 1 aromatic heterocycles. The van der Waals surface area contributed by atoms with Crippen molar-refractivity contribution in [3.8, 4) is 5.75 Å². The molecule has 1 unspecified atom stereocenters. The van der Waals surface area contributed by atoms with E-state index in [1.54, 1.807) is 7.11 Å². The van der Waals surface area contributed by atoms with Gasteiger partial charge in [0.2, 0.25) is 0 Å². The molecule has 4 nitrogen and oxygen atoms in total. The fourth-order valence-electron chi connectivity index (χ4n) is 2.99. The first kappa shape index (κ1) is 13.2. The lowest BCUT2D eigenvalue weighted by Gasteiger charge is -2.19. The number of rotatable bonds is 4. The van der Waals surface area contributed by atoms with Gasteiger partial charge in [-0.1, -0.05) is 6.07 Å². The summed E-state index contributed by atoms with van der Waals surface area (Å²) in [5, 5.41) is 5.66. The molecule has 3 rings (SSSR count). The second-order valence-electron chi connectivity index (χ2n) is 5.38. The summed E-state index contributed by atoms with van der Waals surface area (Å²) >= 11 is 0. The number of fused-ring (bicyclic) bond motifs is 1. The van der Waals surface area contributed by atoms with E-state index in [1.807, 2.05) is 19.3 Å². The van der Waals surface area contributed by atoms with Crippen molar-refractivity contribution in [1.82, 2.24) is 10.3 Å². The summed E-state index contributed by atoms with van der Waals surface area (Å²) in [6.45, 7) is 3.23. The summed E-state index contributed by atoms with van der Waals surface area (Å²) in [5.41, 5.74) is 0. The Morgan fingerprint density at radius 2 is 2.30 bits per heavy atom. The Kier molecular flexibility index (Phi) is 3.74. The SMILES string of the molecule is CNCC1CCN(c2nccc3ccc(OC)cc23)C1. The van der Waals surface area contributed by atoms with Crippen molar-refractivity contribution in [2.45, 2.75) is 6.42 Å². The van der Waals surface area contributed by atoms with Crippen LogP contribution < -0.4 is 15.0 Å². The van der Waals surface area contributed by atoms with Gasteiger partial charge in [0.05, 0.1) is 7.11 Å². The van der Waals surface area contributed by atoms with Gasteiger partial charge in [0.25, 0.3) is 0 Å². The Hall–Kier alpha value is -1.81. The summed E-state index contributed by atoms with van der Waals surface area (Å²) in [5.74, 6) is 2.68. The number of anilines is 1. The molecular weight excluding hydrogens is 250 g/mol. The minimum Gasteiger partial charge on any atom is -0.497 e. The van der Waals surface area contributed by atoms with Crippen LogP contribution in [0.3, 0.4) is 0 Å². The molecule has 2 heterocycles. The molecule has 0 radical (unpaired) electrons. The first-order valence-electron chi connectivity index (χ1n) is 7.14. The van der Waals surface area contributed by atoms with Gasteiger partial charge in [-0.2, -0.15) is 0 Å². The number of nitrogens with zero attached hydrogens (tertiary/aromatic N) is 2. The smallest absolute Gasteiger partial charge is 0.136 e. The Morgan fingerprint density at radius 3 is 3.10 bits per heavy atom. The van der Waals surface area contributed by atoms with Crippen molar-refractivity contribution in [1.29, 1.82) is 0 Å². The van der Waals surface area contributed by atoms with E-state index in [9.17, 15) is 0 Å². The summed E-state index contributed by atoms with van der Waals surface area (Å²) in [4.78, 5) is 7.00. The molecule has 20 heavy (non-hydrogen) atoms. The Bertz CT molecular complexity index is 599. The zero-order valence-electron chi connectivity index (χ0n) is 12.1. The predicted octanol–water partition coefficient (Wildman–Crippen LogP) is 2.29. The van der Waals surface area contributed by atoms with Gasteiger partial charge >= 0.3 is 0 Å². The van der Waals surface area contributed by atoms with Crippen molar-refractivity contribution in [3.63, 3.8) is 0 Å². The summed E-state index contributed by atoms with van der Waals surface area (Å²) < 4.78 is 5.34. The average molecular weight is 271 g/mol. The fraction of sp³-hybridized carbons (Fsp3) is 0.438. The molecule has 1 aliphatic heterocycles. The number of methoxy groups -OCH3 is 1. The van der Waals surface area contributed by atoms with Gasteiger partial charge in [-0.15, -0.1) is 0 Å². The van der Waals surface area contributed by atoms with Crippen molar-refractivity contribution in [2.75, 3.05) is 38.7 Å². The van der Waals surface area contributed by atoms with Gasteiger partial charge in [0, 0.05) is 24.7 Å². The van der Waals surface area contributed by atoms with Crippen molar-refractivity contribution >= 4 is 16.6 Å². The maximum Gasteiger partial charge on any atom is 0.136 e. The third-order valence-corrected chi connectivity index (χ3v) is 4.03. The molecular formula is C16H21N3O. The van der Waals surface area contributed by atoms with E-state index < -0.39 is 0 Å². The highest BCUT2D eigenvalue weighted by atomic mass is 16.5. The molecule has 4 heteroatoms. The Morgan fingerprint density at radius 1 is 1.40 bits per heavy atom. The maximum atomic E-state index is 5.34. The Labute approximate surface area is 119 Å². The van der Waals surface area contributed by atoms with E-state index in [1.165, 1.54) is 17.2 Å². The number of benzene rings is 1. The number of ether oxygens (including phenoxy) is 1. The fourth-order valence-corrected chi connectivity index (χ4v) is 2.99. The molecule has 0 spiro atoms. The minimum absolute atomic E-state index is 0.711. The van der Waals surface area contributed by atoms with E-state index >= 15 is 0 Å². The van der Waals surface area contributed by atoms with Crippen LogP contribution in [-0.2, 0) is 0 Å². The van der Waals surface area contributed by atoms with Crippen LogP contribution in [0.5, 0.6) is 5.75 Å². The van der Waals surface area contributed by atoms with Crippen LogP contribution in [0.4, 0.5) is 5.82 Å². The van der Waals surface area contributed by atoms with Gasteiger partial charge in [-0.3, -0.25) is 0 Å². The third kappa shape index (κ3) is 2.43. The third-order valence-electron chi connectivity index (χ3n) is 4.03. The second-order valence-corrected chi connectivity index (χ2v) is 5.38. The molecule has 106 valence electrons. The lowest BCUT2D eigenvalue weighted by Crippen LogP contribution is -2.25. The molecule has 0 amide bonds. The molecule has 2 aromatic rings. The van der Waals surface area contributed by atoms with Crippen LogP contribution >= 0.6 is 0 Å². The summed E-state index contributed by atoms with van der Waals surface area (Å²) in [6, 6.07) is 8.24. The molecule has 1 N–H and O–H groups in total. The largest absolute Gasteiger partial charge is 0.497 e. The number of hydrogen-bond acceptors (Lipinski definition) is 4. The van der Waals surface area contributed by atoms with Crippen LogP contribution in [0.15, 0.2) is 30.5 Å². The number of aromatic nitrogens is 1. The maximum absolute atomic E-state index is 5.34. The molecule has 0 bridgehead atoms. The van der Waals surface area contributed by atoms with Gasteiger partial charge in [0.1, 0.15) is 11.6 Å². The molecule has 1 saturated heterocycles. The lowest BCUT2D eigenvalue weighted by molar-refractivity contribution is 0.415. The zero-order chi connectivity index (χ0) is 13.9. The van der Waals surface area contributed by atoms with Gasteiger partial charge < -0.3 is 15.0 Å². The molecule has 0 saturated carbocycles. The van der Waals surface area contributed by atoms with E-state index in [0.717, 1.165) is 31.2 Å². The normalized spacial score (nSPS) is 18.7. The lowest BCUT2D eigenvalue weighted by atomic mass is 10.1. The van der Waals surface area contributed by atoms with Crippen molar-refractivity contribution in [2.24, 2.45) is 5.92 Å². The molecule has 1 aromatic carbocycles. The van der Waals surface area contributed by atoms with Gasteiger partial charge in [-0.05, 0) is 49.5 Å². The summed E-state index contributed by atoms with van der Waals surface area (Å²) in [6.07, 6.45) is 3.12. The highest BCUT2D eigenvalue weighted by Gasteiger charge is 2.24. The van der Waals surface area contributed by atoms with E-state index in [-0.39, 0.29) is 0 Å². The van der Waals surface area contributed by atoms with E-state index in [4.69, 9.17) is 4.74 Å². The standard InChI is InChI=1S/C16H21N3O/c1-17-10-12-6-8-19(11-12)16-15-9-14(20-2)4-3-13(15)5-7-18-16/h3-5,7,9,12,17H,6,8,10-11H2,1-2H3. The van der Waals surface area contributed by atoms with Crippen LogP contribution in [0.2, 0.25) is 0 Å². The van der Waals surface area contributed by atoms with Crippen LogP contribution in [0.25, 0.3) is 10.8 Å². The molecule has 0 aliphatic carbocycles. The number of pyridine rings is 1.